The fraction of sp³-hybridized carbons (Fsp3) is 0.190. The van der Waals surface area contributed by atoms with Gasteiger partial charge in [0.2, 0.25) is 5.78 Å². The first-order chi connectivity index (χ1) is 14.5. The van der Waals surface area contributed by atoms with Gasteiger partial charge in [-0.05, 0) is 55.5 Å². The Morgan fingerprint density at radius 1 is 1.16 bits per heavy atom. The van der Waals surface area contributed by atoms with E-state index >= 15 is 0 Å². The van der Waals surface area contributed by atoms with Crippen LogP contribution in [0.4, 0.5) is 13.2 Å². The number of benzene rings is 2. The van der Waals surface area contributed by atoms with Gasteiger partial charge >= 0.3 is 6.18 Å². The van der Waals surface area contributed by atoms with Gasteiger partial charge in [0.15, 0.2) is 5.69 Å². The highest BCUT2D eigenvalue weighted by Gasteiger charge is 2.35. The molecule has 0 bridgehead atoms. The van der Waals surface area contributed by atoms with Gasteiger partial charge in [0.25, 0.3) is 0 Å². The Kier molecular flexibility index (Phi) is 6.83. The van der Waals surface area contributed by atoms with Gasteiger partial charge in [0, 0.05) is 4.90 Å². The monoisotopic (exact) mass is 485 g/mol. The number of alkyl halides is 3. The molecule has 0 fully saturated rings. The molecule has 0 amide bonds. The summed E-state index contributed by atoms with van der Waals surface area (Å²) in [6, 6.07) is 8.36. The number of halogens is 5. The molecule has 0 radical (unpaired) electrons. The largest absolute Gasteiger partial charge is 0.416 e. The summed E-state index contributed by atoms with van der Waals surface area (Å²) in [5.41, 5.74) is -0.109. The van der Waals surface area contributed by atoms with Crippen molar-refractivity contribution in [2.24, 2.45) is 0 Å². The Balaban J connectivity index is 1.99. The van der Waals surface area contributed by atoms with Crippen LogP contribution in [0, 0.1) is 13.8 Å². The van der Waals surface area contributed by atoms with Crippen molar-refractivity contribution >= 4 is 46.8 Å². The van der Waals surface area contributed by atoms with Crippen molar-refractivity contribution in [2.45, 2.75) is 24.9 Å². The van der Waals surface area contributed by atoms with Crippen molar-refractivity contribution < 1.29 is 18.0 Å². The summed E-state index contributed by atoms with van der Waals surface area (Å²) in [4.78, 5) is 13.7. The van der Waals surface area contributed by atoms with Crippen LogP contribution in [-0.2, 0) is 6.18 Å². The summed E-state index contributed by atoms with van der Waals surface area (Å²) in [7, 11) is 0. The minimum absolute atomic E-state index is 0.000912. The first-order valence-electron chi connectivity index (χ1n) is 8.89. The molecule has 2 aromatic carbocycles. The van der Waals surface area contributed by atoms with E-state index in [2.05, 4.69) is 10.3 Å². The number of allylic oxidation sites excluding steroid dienone is 1. The lowest BCUT2D eigenvalue weighted by atomic mass is 10.1. The van der Waals surface area contributed by atoms with Crippen molar-refractivity contribution in [3.05, 3.63) is 74.5 Å². The molecule has 0 N–H and O–H groups in total. The first-order valence-corrected chi connectivity index (χ1v) is 10.9. The molecule has 31 heavy (non-hydrogen) atoms. The van der Waals surface area contributed by atoms with Gasteiger partial charge < -0.3 is 0 Å². The molecule has 0 spiro atoms. The zero-order valence-electron chi connectivity index (χ0n) is 16.6. The highest BCUT2D eigenvalue weighted by molar-refractivity contribution is 7.98. The van der Waals surface area contributed by atoms with E-state index in [1.165, 1.54) is 19.9 Å². The number of carbonyl (C=O) groups is 1. The molecule has 4 nitrogen and oxygen atoms in total. The number of nitrogens with zero attached hydrogens (tertiary/aromatic N) is 3. The number of carbonyl (C=O) groups excluding carboxylic acids is 1. The van der Waals surface area contributed by atoms with Crippen LogP contribution in [0.25, 0.3) is 11.8 Å². The third-order valence-electron chi connectivity index (χ3n) is 4.64. The molecule has 3 aromatic rings. The zero-order valence-corrected chi connectivity index (χ0v) is 18.9. The quantitative estimate of drug-likeness (QED) is 0.225. The van der Waals surface area contributed by atoms with Gasteiger partial charge in [0.05, 0.1) is 27.0 Å². The summed E-state index contributed by atoms with van der Waals surface area (Å²) < 4.78 is 41.3. The van der Waals surface area contributed by atoms with Crippen LogP contribution in [-0.4, -0.2) is 27.0 Å². The molecule has 1 aromatic heterocycles. The molecule has 1 heterocycles. The molecule has 3 rings (SSSR count). The third-order valence-corrected chi connectivity index (χ3v) is 6.16. The molecular formula is C21H16Cl2F3N3OS. The summed E-state index contributed by atoms with van der Waals surface area (Å²) >= 11 is 13.7. The van der Waals surface area contributed by atoms with Crippen LogP contribution in [0.15, 0.2) is 41.3 Å². The smallest absolute Gasteiger partial charge is 0.287 e. The van der Waals surface area contributed by atoms with Crippen molar-refractivity contribution in [3.63, 3.8) is 0 Å². The number of ketones is 1. The number of hydrogen-bond acceptors (Lipinski definition) is 4. The molecule has 0 saturated heterocycles. The molecule has 162 valence electrons. The minimum Gasteiger partial charge on any atom is -0.287 e. The predicted octanol–water partition coefficient (Wildman–Crippen LogP) is 6.83. The predicted molar refractivity (Wildman–Crippen MR) is 117 cm³/mol. The summed E-state index contributed by atoms with van der Waals surface area (Å²) in [5.74, 6) is -0.440. The van der Waals surface area contributed by atoms with Crippen molar-refractivity contribution in [1.82, 2.24) is 15.0 Å². The van der Waals surface area contributed by atoms with Crippen LogP contribution in [0.2, 0.25) is 10.0 Å². The van der Waals surface area contributed by atoms with E-state index in [1.54, 1.807) is 17.8 Å². The highest BCUT2D eigenvalue weighted by atomic mass is 35.5. The second kappa shape index (κ2) is 9.06. The Morgan fingerprint density at radius 2 is 1.81 bits per heavy atom. The van der Waals surface area contributed by atoms with E-state index in [4.69, 9.17) is 23.2 Å². The molecule has 0 aliphatic carbocycles. The van der Waals surface area contributed by atoms with E-state index in [9.17, 15) is 18.0 Å². The molecular weight excluding hydrogens is 470 g/mol. The van der Waals surface area contributed by atoms with Gasteiger partial charge in [-0.25, -0.2) is 4.68 Å². The lowest BCUT2D eigenvalue weighted by Gasteiger charge is -2.17. The van der Waals surface area contributed by atoms with Crippen molar-refractivity contribution in [1.29, 1.82) is 0 Å². The van der Waals surface area contributed by atoms with Gasteiger partial charge in [-0.2, -0.15) is 13.2 Å². The minimum atomic E-state index is -4.63. The van der Waals surface area contributed by atoms with Gasteiger partial charge in [0.1, 0.15) is 0 Å². The average molecular weight is 486 g/mol. The summed E-state index contributed by atoms with van der Waals surface area (Å²) in [5, 5.41) is 7.35. The highest BCUT2D eigenvalue weighted by Crippen LogP contribution is 2.41. The number of aromatic nitrogens is 3. The molecule has 0 atom stereocenters. The SMILES string of the molecule is CSc1ccc(/C=C/C(=O)c2nnn(-c3c(C)c(C(F)(F)F)cc(Cl)c3Cl)c2C)cc1. The third kappa shape index (κ3) is 4.81. The van der Waals surface area contributed by atoms with E-state index in [1.807, 2.05) is 30.5 Å². The lowest BCUT2D eigenvalue weighted by Crippen LogP contribution is -2.12. The van der Waals surface area contributed by atoms with Gasteiger partial charge in [-0.15, -0.1) is 16.9 Å². The topological polar surface area (TPSA) is 47.8 Å². The maximum Gasteiger partial charge on any atom is 0.416 e. The second-order valence-corrected chi connectivity index (χ2v) is 8.26. The van der Waals surface area contributed by atoms with E-state index in [-0.39, 0.29) is 32.7 Å². The van der Waals surface area contributed by atoms with Crippen LogP contribution in [0.5, 0.6) is 0 Å². The fourth-order valence-corrected chi connectivity index (χ4v) is 3.87. The van der Waals surface area contributed by atoms with Crippen molar-refractivity contribution in [3.8, 4) is 5.69 Å². The number of hydrogen-bond donors (Lipinski definition) is 0. The second-order valence-electron chi connectivity index (χ2n) is 6.60. The lowest BCUT2D eigenvalue weighted by molar-refractivity contribution is -0.138. The first kappa shape index (κ1) is 23.4. The van der Waals surface area contributed by atoms with Gasteiger partial charge in [-0.3, -0.25) is 4.79 Å². The van der Waals surface area contributed by atoms with E-state index < -0.39 is 17.5 Å². The number of thioether (sulfide) groups is 1. The van der Waals surface area contributed by atoms with E-state index in [0.717, 1.165) is 21.2 Å². The van der Waals surface area contributed by atoms with E-state index in [0.29, 0.717) is 0 Å². The summed E-state index contributed by atoms with van der Waals surface area (Å²) in [6.07, 6.45) is 0.300. The van der Waals surface area contributed by atoms with Crippen molar-refractivity contribution in [2.75, 3.05) is 6.26 Å². The molecule has 0 aliphatic heterocycles. The fourth-order valence-electron chi connectivity index (χ4n) is 2.98. The Morgan fingerprint density at radius 3 is 2.39 bits per heavy atom. The summed E-state index contributed by atoms with van der Waals surface area (Å²) in [6.45, 7) is 2.79. The zero-order chi connectivity index (χ0) is 22.9. The Labute approximate surface area is 191 Å². The maximum absolute atomic E-state index is 13.4. The molecule has 10 heteroatoms. The number of rotatable bonds is 5. The maximum atomic E-state index is 13.4. The van der Waals surface area contributed by atoms with Crippen LogP contribution < -0.4 is 0 Å². The normalized spacial score (nSPS) is 12.0. The van der Waals surface area contributed by atoms with Crippen LogP contribution in [0.3, 0.4) is 0 Å². The Hall–Kier alpha value is -2.29. The van der Waals surface area contributed by atoms with Gasteiger partial charge in [-0.1, -0.05) is 46.6 Å². The molecule has 0 aliphatic rings. The van der Waals surface area contributed by atoms with Crippen LogP contribution >= 0.6 is 35.0 Å². The van der Waals surface area contributed by atoms with Crippen LogP contribution in [0.1, 0.15) is 32.9 Å². The Bertz CT molecular complexity index is 1170. The average Bonchev–Trinajstić information content (AvgIpc) is 3.10. The standard InChI is InChI=1S/C21H16Cl2F3N3OS/c1-11-15(21(24,25)26)10-16(22)18(23)20(11)29-12(2)19(27-28-29)17(30)9-6-13-4-7-14(31-3)8-5-13/h4-10H,1-3H3/b9-6+. The molecule has 0 saturated carbocycles. The molecule has 0 unspecified atom stereocenters.